The number of methoxy groups -OCH3 is 1. The first-order chi connectivity index (χ1) is 9.83. The monoisotopic (exact) mass is 275 g/mol. The maximum atomic E-state index is 5.20. The minimum atomic E-state index is 0.682. The maximum Gasteiger partial charge on any atom is 0.0713 e. The highest BCUT2D eigenvalue weighted by Crippen LogP contribution is 2.27. The summed E-state index contributed by atoms with van der Waals surface area (Å²) in [7, 11) is 1.75. The van der Waals surface area contributed by atoms with Crippen LogP contribution in [0.3, 0.4) is 0 Å². The summed E-state index contributed by atoms with van der Waals surface area (Å²) in [4.78, 5) is 0. The van der Waals surface area contributed by atoms with Crippen LogP contribution in [0.15, 0.2) is 24.3 Å². The molecule has 20 heavy (non-hydrogen) atoms. The van der Waals surface area contributed by atoms with Crippen LogP contribution < -0.4 is 5.32 Å². The van der Waals surface area contributed by atoms with E-state index < -0.39 is 0 Å². The average Bonchev–Trinajstić information content (AvgIpc) is 2.50. The zero-order chi connectivity index (χ0) is 14.2. The molecule has 112 valence electrons. The molecule has 1 N–H and O–H groups in total. The molecule has 0 radical (unpaired) electrons. The second-order valence-corrected chi connectivity index (χ2v) is 6.05. The third-order valence-corrected chi connectivity index (χ3v) is 4.53. The van der Waals surface area contributed by atoms with Crippen molar-refractivity contribution in [2.75, 3.05) is 7.11 Å². The predicted octanol–water partition coefficient (Wildman–Crippen LogP) is 4.28. The average molecular weight is 275 g/mol. The number of rotatable bonds is 7. The van der Waals surface area contributed by atoms with Crippen molar-refractivity contribution < 1.29 is 4.74 Å². The lowest BCUT2D eigenvalue weighted by atomic mass is 9.83. The summed E-state index contributed by atoms with van der Waals surface area (Å²) in [5.41, 5.74) is 2.63. The van der Waals surface area contributed by atoms with Gasteiger partial charge in [-0.05, 0) is 36.3 Å². The lowest BCUT2D eigenvalue weighted by Crippen LogP contribution is -2.36. The fourth-order valence-electron chi connectivity index (χ4n) is 3.43. The highest BCUT2D eigenvalue weighted by Gasteiger charge is 2.21. The molecule has 1 atom stereocenters. The van der Waals surface area contributed by atoms with Crippen LogP contribution in [-0.2, 0) is 17.9 Å². The summed E-state index contributed by atoms with van der Waals surface area (Å²) in [5.74, 6) is 0.885. The van der Waals surface area contributed by atoms with Gasteiger partial charge in [0.2, 0.25) is 0 Å². The second-order valence-electron chi connectivity index (χ2n) is 6.05. The van der Waals surface area contributed by atoms with Crippen LogP contribution in [0.25, 0.3) is 0 Å². The van der Waals surface area contributed by atoms with Crippen LogP contribution in [0.1, 0.15) is 56.6 Å². The van der Waals surface area contributed by atoms with Crippen LogP contribution in [-0.4, -0.2) is 13.2 Å². The largest absolute Gasteiger partial charge is 0.380 e. The van der Waals surface area contributed by atoms with E-state index in [4.69, 9.17) is 4.74 Å². The molecule has 0 heterocycles. The van der Waals surface area contributed by atoms with E-state index in [1.165, 1.54) is 49.7 Å². The van der Waals surface area contributed by atoms with Gasteiger partial charge in [-0.1, -0.05) is 50.5 Å². The summed E-state index contributed by atoms with van der Waals surface area (Å²) in [6.45, 7) is 3.99. The van der Waals surface area contributed by atoms with Gasteiger partial charge in [-0.3, -0.25) is 0 Å². The number of benzene rings is 1. The third-order valence-electron chi connectivity index (χ3n) is 4.53. The van der Waals surface area contributed by atoms with Gasteiger partial charge in [-0.25, -0.2) is 0 Å². The Hall–Kier alpha value is -0.860. The Balaban J connectivity index is 1.87. The molecule has 1 aliphatic carbocycles. The zero-order valence-corrected chi connectivity index (χ0v) is 13.0. The van der Waals surface area contributed by atoms with E-state index in [1.54, 1.807) is 7.11 Å². The standard InChI is InChI=1S/C18H29NO/c1-3-18(17-10-5-4-6-11-17)19-13-15-8-7-9-16(12-15)14-20-2/h7-9,12,17-19H,3-6,10-11,13-14H2,1-2H3. The lowest BCUT2D eigenvalue weighted by Gasteiger charge is -2.30. The Kier molecular flexibility index (Phi) is 6.55. The molecule has 1 aromatic carbocycles. The zero-order valence-electron chi connectivity index (χ0n) is 13.0. The molecular weight excluding hydrogens is 246 g/mol. The SMILES string of the molecule is CCC(NCc1cccc(COC)c1)C1CCCCC1. The minimum absolute atomic E-state index is 0.682. The molecule has 0 amide bonds. The summed E-state index contributed by atoms with van der Waals surface area (Å²) < 4.78 is 5.20. The number of hydrogen-bond donors (Lipinski definition) is 1. The molecule has 0 aliphatic heterocycles. The van der Waals surface area contributed by atoms with Crippen molar-refractivity contribution in [3.63, 3.8) is 0 Å². The van der Waals surface area contributed by atoms with Gasteiger partial charge in [-0.2, -0.15) is 0 Å². The molecule has 2 rings (SSSR count). The van der Waals surface area contributed by atoms with Crippen molar-refractivity contribution in [2.45, 2.75) is 64.6 Å². The van der Waals surface area contributed by atoms with Crippen molar-refractivity contribution in [3.8, 4) is 0 Å². The molecular formula is C18H29NO. The van der Waals surface area contributed by atoms with Gasteiger partial charge >= 0.3 is 0 Å². The van der Waals surface area contributed by atoms with Crippen molar-refractivity contribution >= 4 is 0 Å². The van der Waals surface area contributed by atoms with Gasteiger partial charge in [0.1, 0.15) is 0 Å². The molecule has 1 aliphatic rings. The van der Waals surface area contributed by atoms with Gasteiger partial charge in [0.15, 0.2) is 0 Å². The van der Waals surface area contributed by atoms with E-state index in [-0.39, 0.29) is 0 Å². The Bertz CT molecular complexity index is 385. The molecule has 1 saturated carbocycles. The van der Waals surface area contributed by atoms with Crippen LogP contribution in [0, 0.1) is 5.92 Å². The summed E-state index contributed by atoms with van der Waals surface area (Å²) in [6, 6.07) is 9.41. The quantitative estimate of drug-likeness (QED) is 0.802. The van der Waals surface area contributed by atoms with Gasteiger partial charge in [-0.15, -0.1) is 0 Å². The highest BCUT2D eigenvalue weighted by atomic mass is 16.5. The first-order valence-electron chi connectivity index (χ1n) is 8.13. The van der Waals surface area contributed by atoms with E-state index in [0.29, 0.717) is 12.6 Å². The second kappa shape index (κ2) is 8.43. The third kappa shape index (κ3) is 4.60. The molecule has 2 heteroatoms. The van der Waals surface area contributed by atoms with Gasteiger partial charge in [0.05, 0.1) is 6.61 Å². The maximum absolute atomic E-state index is 5.20. The van der Waals surface area contributed by atoms with Crippen molar-refractivity contribution in [3.05, 3.63) is 35.4 Å². The first-order valence-corrected chi connectivity index (χ1v) is 8.13. The molecule has 0 saturated heterocycles. The predicted molar refractivity (Wildman–Crippen MR) is 84.6 cm³/mol. The summed E-state index contributed by atoms with van der Waals surface area (Å²) in [5, 5.41) is 3.78. The van der Waals surface area contributed by atoms with Crippen LogP contribution >= 0.6 is 0 Å². The highest BCUT2D eigenvalue weighted by molar-refractivity contribution is 5.22. The van der Waals surface area contributed by atoms with Crippen LogP contribution in [0.2, 0.25) is 0 Å². The van der Waals surface area contributed by atoms with E-state index in [1.807, 2.05) is 0 Å². The van der Waals surface area contributed by atoms with E-state index in [0.717, 1.165) is 12.5 Å². The van der Waals surface area contributed by atoms with Crippen molar-refractivity contribution in [1.29, 1.82) is 0 Å². The number of ether oxygens (including phenoxy) is 1. The molecule has 0 aromatic heterocycles. The fourth-order valence-corrected chi connectivity index (χ4v) is 3.43. The molecule has 1 aromatic rings. The van der Waals surface area contributed by atoms with Gasteiger partial charge in [0, 0.05) is 19.7 Å². The number of hydrogen-bond acceptors (Lipinski definition) is 2. The van der Waals surface area contributed by atoms with Crippen molar-refractivity contribution in [2.24, 2.45) is 5.92 Å². The Morgan fingerprint density at radius 2 is 1.95 bits per heavy atom. The Morgan fingerprint density at radius 1 is 1.20 bits per heavy atom. The Morgan fingerprint density at radius 3 is 2.65 bits per heavy atom. The normalized spacial score (nSPS) is 18.1. The number of nitrogens with one attached hydrogen (secondary N) is 1. The molecule has 0 bridgehead atoms. The van der Waals surface area contributed by atoms with E-state index in [9.17, 15) is 0 Å². The molecule has 1 unspecified atom stereocenters. The van der Waals surface area contributed by atoms with Gasteiger partial charge < -0.3 is 10.1 Å². The van der Waals surface area contributed by atoms with Crippen LogP contribution in [0.4, 0.5) is 0 Å². The topological polar surface area (TPSA) is 21.3 Å². The van der Waals surface area contributed by atoms with E-state index in [2.05, 4.69) is 36.5 Å². The lowest BCUT2D eigenvalue weighted by molar-refractivity contribution is 0.185. The van der Waals surface area contributed by atoms with E-state index >= 15 is 0 Å². The van der Waals surface area contributed by atoms with Crippen LogP contribution in [0.5, 0.6) is 0 Å². The summed E-state index contributed by atoms with van der Waals surface area (Å²) >= 11 is 0. The smallest absolute Gasteiger partial charge is 0.0713 e. The molecule has 2 nitrogen and oxygen atoms in total. The fraction of sp³-hybridized carbons (Fsp3) is 0.667. The molecule has 0 spiro atoms. The van der Waals surface area contributed by atoms with Crippen molar-refractivity contribution in [1.82, 2.24) is 5.32 Å². The molecule has 1 fully saturated rings. The first kappa shape index (κ1) is 15.5. The summed E-state index contributed by atoms with van der Waals surface area (Å²) in [6.07, 6.45) is 8.34. The minimum Gasteiger partial charge on any atom is -0.380 e. The van der Waals surface area contributed by atoms with Gasteiger partial charge in [0.25, 0.3) is 0 Å². The Labute approximate surface area is 123 Å².